The third kappa shape index (κ3) is 3.26. The molecular formula is C17H11BrN4O5. The molecule has 0 aliphatic carbocycles. The number of aromatic nitrogens is 2. The standard InChI is InChI=1S/C17H11BrN4O5/c18-11-5-3-10(4-6-11)14-20-19-13(27-14)9-22-16(24)15(23)21(17(22)25)8-12-2-1-7-26-12/h1-7H,8-9H2. The van der Waals surface area contributed by atoms with Gasteiger partial charge in [0.05, 0.1) is 12.8 Å². The first kappa shape index (κ1) is 17.2. The molecule has 9 nitrogen and oxygen atoms in total. The summed E-state index contributed by atoms with van der Waals surface area (Å²) in [6, 6.07) is 9.67. The van der Waals surface area contributed by atoms with Gasteiger partial charge >= 0.3 is 17.8 Å². The summed E-state index contributed by atoms with van der Waals surface area (Å²) in [6.07, 6.45) is 1.42. The van der Waals surface area contributed by atoms with Crippen LogP contribution >= 0.6 is 15.9 Å². The molecule has 0 atom stereocenters. The lowest BCUT2D eigenvalue weighted by molar-refractivity contribution is -0.143. The van der Waals surface area contributed by atoms with Gasteiger partial charge in [-0.25, -0.2) is 14.6 Å². The van der Waals surface area contributed by atoms with E-state index in [1.54, 1.807) is 24.3 Å². The Kier molecular flexibility index (Phi) is 4.32. The van der Waals surface area contributed by atoms with Gasteiger partial charge in [-0.15, -0.1) is 10.2 Å². The lowest BCUT2D eigenvalue weighted by Gasteiger charge is -2.12. The predicted molar refractivity (Wildman–Crippen MR) is 92.6 cm³/mol. The first-order valence-electron chi connectivity index (χ1n) is 7.81. The predicted octanol–water partition coefficient (Wildman–Crippen LogP) is 2.58. The van der Waals surface area contributed by atoms with Crippen LogP contribution in [0.1, 0.15) is 11.7 Å². The molecule has 0 N–H and O–H groups in total. The first-order chi connectivity index (χ1) is 13.0. The molecule has 2 aromatic heterocycles. The molecule has 3 heterocycles. The van der Waals surface area contributed by atoms with Crippen LogP contribution in [0.5, 0.6) is 0 Å². The fraction of sp³-hybridized carbons (Fsp3) is 0.118. The van der Waals surface area contributed by atoms with E-state index in [9.17, 15) is 14.4 Å². The van der Waals surface area contributed by atoms with E-state index in [4.69, 9.17) is 8.83 Å². The second-order valence-corrected chi connectivity index (χ2v) is 6.57. The van der Waals surface area contributed by atoms with Gasteiger partial charge in [-0.05, 0) is 36.4 Å². The summed E-state index contributed by atoms with van der Waals surface area (Å²) in [5.74, 6) is -1.20. The van der Waals surface area contributed by atoms with E-state index in [1.165, 1.54) is 6.26 Å². The number of carbonyl (C=O) groups is 3. The Balaban J connectivity index is 1.51. The molecule has 0 spiro atoms. The maximum atomic E-state index is 12.4. The first-order valence-corrected chi connectivity index (χ1v) is 8.60. The van der Waals surface area contributed by atoms with E-state index in [1.807, 2.05) is 12.1 Å². The van der Waals surface area contributed by atoms with Crippen LogP contribution in [0.25, 0.3) is 11.5 Å². The number of amides is 4. The number of halogens is 1. The highest BCUT2D eigenvalue weighted by atomic mass is 79.9. The van der Waals surface area contributed by atoms with Gasteiger partial charge in [-0.3, -0.25) is 9.59 Å². The van der Waals surface area contributed by atoms with Crippen molar-refractivity contribution in [1.82, 2.24) is 20.0 Å². The molecular weight excluding hydrogens is 420 g/mol. The number of furan rings is 1. The molecule has 10 heteroatoms. The Morgan fingerprint density at radius 1 is 0.926 bits per heavy atom. The molecule has 1 fully saturated rings. The summed E-state index contributed by atoms with van der Waals surface area (Å²) in [5, 5.41) is 7.76. The van der Waals surface area contributed by atoms with E-state index in [0.717, 1.165) is 14.3 Å². The molecule has 1 aromatic carbocycles. The van der Waals surface area contributed by atoms with Crippen LogP contribution in [0.2, 0.25) is 0 Å². The maximum absolute atomic E-state index is 12.4. The van der Waals surface area contributed by atoms with E-state index in [0.29, 0.717) is 11.3 Å². The Morgan fingerprint density at radius 2 is 1.63 bits per heavy atom. The maximum Gasteiger partial charge on any atom is 0.335 e. The second kappa shape index (κ2) is 6.80. The average molecular weight is 431 g/mol. The number of carbonyl (C=O) groups excluding carboxylic acids is 3. The fourth-order valence-corrected chi connectivity index (χ4v) is 2.81. The molecule has 27 heavy (non-hydrogen) atoms. The summed E-state index contributed by atoms with van der Waals surface area (Å²) >= 11 is 3.34. The lowest BCUT2D eigenvalue weighted by atomic mass is 10.2. The molecule has 0 unspecified atom stereocenters. The quantitative estimate of drug-likeness (QED) is 0.451. The van der Waals surface area contributed by atoms with Gasteiger partial charge in [0.2, 0.25) is 11.8 Å². The van der Waals surface area contributed by atoms with Gasteiger partial charge in [0.1, 0.15) is 12.3 Å². The van der Waals surface area contributed by atoms with Crippen LogP contribution in [-0.2, 0) is 22.7 Å². The molecule has 0 saturated carbocycles. The number of imide groups is 2. The third-order valence-corrected chi connectivity index (χ3v) is 4.41. The number of benzene rings is 1. The second-order valence-electron chi connectivity index (χ2n) is 5.65. The zero-order valence-corrected chi connectivity index (χ0v) is 15.2. The van der Waals surface area contributed by atoms with Crippen molar-refractivity contribution in [2.24, 2.45) is 0 Å². The van der Waals surface area contributed by atoms with Crippen molar-refractivity contribution in [2.75, 3.05) is 0 Å². The highest BCUT2D eigenvalue weighted by Gasteiger charge is 2.45. The van der Waals surface area contributed by atoms with Crippen molar-refractivity contribution in [3.8, 4) is 11.5 Å². The van der Waals surface area contributed by atoms with Crippen LogP contribution in [-0.4, -0.2) is 37.8 Å². The Labute approximate surface area is 160 Å². The van der Waals surface area contributed by atoms with E-state index >= 15 is 0 Å². The van der Waals surface area contributed by atoms with Crippen molar-refractivity contribution < 1.29 is 23.2 Å². The molecule has 4 amide bonds. The van der Waals surface area contributed by atoms with Crippen molar-refractivity contribution in [1.29, 1.82) is 0 Å². The number of nitrogens with zero attached hydrogens (tertiary/aromatic N) is 4. The molecule has 136 valence electrons. The number of hydrogen-bond donors (Lipinski definition) is 0. The summed E-state index contributed by atoms with van der Waals surface area (Å²) in [4.78, 5) is 38.3. The van der Waals surface area contributed by atoms with Crippen molar-refractivity contribution in [3.63, 3.8) is 0 Å². The van der Waals surface area contributed by atoms with Crippen LogP contribution < -0.4 is 0 Å². The Morgan fingerprint density at radius 3 is 2.30 bits per heavy atom. The largest absolute Gasteiger partial charge is 0.467 e. The summed E-state index contributed by atoms with van der Waals surface area (Å²) < 4.78 is 11.5. The normalized spacial score (nSPS) is 14.5. The zero-order chi connectivity index (χ0) is 19.0. The van der Waals surface area contributed by atoms with Crippen molar-refractivity contribution >= 4 is 33.8 Å². The minimum atomic E-state index is -0.949. The Bertz CT molecular complexity index is 1010. The summed E-state index contributed by atoms with van der Waals surface area (Å²) in [7, 11) is 0. The molecule has 1 aliphatic heterocycles. The van der Waals surface area contributed by atoms with Gasteiger partial charge < -0.3 is 8.83 Å². The van der Waals surface area contributed by atoms with Gasteiger partial charge in [-0.1, -0.05) is 15.9 Å². The highest BCUT2D eigenvalue weighted by Crippen LogP contribution is 2.23. The van der Waals surface area contributed by atoms with E-state index in [-0.39, 0.29) is 24.9 Å². The number of urea groups is 1. The summed E-state index contributed by atoms with van der Waals surface area (Å²) in [6.45, 7) is -0.414. The van der Waals surface area contributed by atoms with Gasteiger partial charge in [0.15, 0.2) is 0 Å². The Hall–Kier alpha value is -3.27. The van der Waals surface area contributed by atoms with Crippen molar-refractivity contribution in [2.45, 2.75) is 13.1 Å². The topological polar surface area (TPSA) is 110 Å². The fourth-order valence-electron chi connectivity index (χ4n) is 2.55. The van der Waals surface area contributed by atoms with Crippen LogP contribution in [0, 0.1) is 0 Å². The van der Waals surface area contributed by atoms with Crippen LogP contribution in [0.3, 0.4) is 0 Å². The highest BCUT2D eigenvalue weighted by molar-refractivity contribution is 9.10. The lowest BCUT2D eigenvalue weighted by Crippen LogP contribution is -2.32. The van der Waals surface area contributed by atoms with Crippen molar-refractivity contribution in [3.05, 3.63) is 58.8 Å². The van der Waals surface area contributed by atoms with Crippen LogP contribution in [0.15, 0.2) is 56.0 Å². The molecule has 1 aliphatic rings. The van der Waals surface area contributed by atoms with Gasteiger partial charge in [0, 0.05) is 10.0 Å². The smallest absolute Gasteiger partial charge is 0.335 e. The van der Waals surface area contributed by atoms with Crippen LogP contribution in [0.4, 0.5) is 4.79 Å². The van der Waals surface area contributed by atoms with E-state index in [2.05, 4.69) is 26.1 Å². The molecule has 3 aromatic rings. The van der Waals surface area contributed by atoms with Gasteiger partial charge in [0.25, 0.3) is 0 Å². The monoisotopic (exact) mass is 430 g/mol. The number of rotatable bonds is 5. The third-order valence-electron chi connectivity index (χ3n) is 3.88. The molecule has 0 bridgehead atoms. The molecule has 0 radical (unpaired) electrons. The minimum absolute atomic E-state index is 0.0438. The number of hydrogen-bond acceptors (Lipinski definition) is 7. The SMILES string of the molecule is O=C1C(=O)N(Cc2nnc(-c3ccc(Br)cc3)o2)C(=O)N1Cc1ccco1. The van der Waals surface area contributed by atoms with Gasteiger partial charge in [-0.2, -0.15) is 0 Å². The molecule has 4 rings (SSSR count). The zero-order valence-electron chi connectivity index (χ0n) is 13.7. The van der Waals surface area contributed by atoms with E-state index < -0.39 is 17.8 Å². The molecule has 1 saturated heterocycles. The summed E-state index contributed by atoms with van der Waals surface area (Å²) in [5.41, 5.74) is 0.687. The average Bonchev–Trinajstić information content (AvgIpc) is 3.38. The minimum Gasteiger partial charge on any atom is -0.467 e.